The first-order valence-corrected chi connectivity index (χ1v) is 12.1. The Morgan fingerprint density at radius 2 is 1.17 bits per heavy atom. The first-order valence-electron chi connectivity index (χ1n) is 5.83. The van der Waals surface area contributed by atoms with Gasteiger partial charge in [-0.1, -0.05) is 13.2 Å². The van der Waals surface area contributed by atoms with Crippen LogP contribution in [0.15, 0.2) is 25.3 Å². The van der Waals surface area contributed by atoms with E-state index in [1.54, 1.807) is 0 Å². The Labute approximate surface area is 111 Å². The average Bonchev–Trinajstić information content (AvgIpc) is 2.25. The molecule has 0 aliphatic rings. The van der Waals surface area contributed by atoms with Crippen LogP contribution in [0, 0.1) is 0 Å². The van der Waals surface area contributed by atoms with E-state index in [4.69, 9.17) is 8.85 Å². The van der Waals surface area contributed by atoms with Crippen LogP contribution in [0.5, 0.6) is 0 Å². The van der Waals surface area contributed by atoms with Crippen LogP contribution in [-0.2, 0) is 18.4 Å². The molecule has 0 aromatic rings. The van der Waals surface area contributed by atoms with Crippen molar-refractivity contribution in [1.82, 2.24) is 0 Å². The Kier molecular flexibility index (Phi) is 6.27. The molecule has 0 aliphatic heterocycles. The molecule has 18 heavy (non-hydrogen) atoms. The van der Waals surface area contributed by atoms with Gasteiger partial charge in [0.05, 0.1) is 0 Å². The van der Waals surface area contributed by atoms with Gasteiger partial charge in [0.1, 0.15) is 0 Å². The van der Waals surface area contributed by atoms with Gasteiger partial charge in [-0.05, 0) is 38.3 Å². The fraction of sp³-hybridized carbons (Fsp3) is 0.500. The van der Waals surface area contributed by atoms with Crippen molar-refractivity contribution in [3.05, 3.63) is 25.3 Å². The van der Waals surface area contributed by atoms with Crippen molar-refractivity contribution < 1.29 is 18.4 Å². The van der Waals surface area contributed by atoms with E-state index < -0.39 is 16.6 Å². The number of rotatable bonds is 7. The highest BCUT2D eigenvalue weighted by atomic mass is 28.4. The lowest BCUT2D eigenvalue weighted by molar-refractivity contribution is -0.130. The maximum absolute atomic E-state index is 11.2. The minimum Gasteiger partial charge on any atom is -0.517 e. The average molecular weight is 286 g/mol. The Morgan fingerprint density at radius 3 is 1.39 bits per heavy atom. The van der Waals surface area contributed by atoms with Gasteiger partial charge in [0.2, 0.25) is 16.6 Å². The summed E-state index contributed by atoms with van der Waals surface area (Å²) in [6, 6.07) is 1.55. The molecule has 0 heterocycles. The van der Waals surface area contributed by atoms with Gasteiger partial charge in [-0.2, -0.15) is 0 Å². The lowest BCUT2D eigenvalue weighted by atomic mass is 10.7. The molecule has 4 nitrogen and oxygen atoms in total. The second-order valence-electron chi connectivity index (χ2n) is 5.27. The summed E-state index contributed by atoms with van der Waals surface area (Å²) >= 11 is 0. The predicted octanol–water partition coefficient (Wildman–Crippen LogP) is 2.86. The quantitative estimate of drug-likeness (QED) is 0.533. The van der Waals surface area contributed by atoms with E-state index in [1.807, 2.05) is 26.2 Å². The second kappa shape index (κ2) is 6.70. The molecule has 0 N–H and O–H groups in total. The number of carbonyl (C=O) groups excluding carboxylic acids is 2. The third-order valence-corrected chi connectivity index (χ3v) is 7.33. The number of hydrogen-bond acceptors (Lipinski definition) is 4. The van der Waals surface area contributed by atoms with Gasteiger partial charge in [-0.3, -0.25) is 0 Å². The SMILES string of the molecule is C=CC(=O)O[Si](C)(C)CC[Si](C)(C)OC(=O)C=C. The molecule has 0 amide bonds. The number of hydrogen-bond donors (Lipinski definition) is 0. The minimum absolute atomic E-state index is 0.380. The summed E-state index contributed by atoms with van der Waals surface area (Å²) in [5.41, 5.74) is 0. The lowest BCUT2D eigenvalue weighted by Crippen LogP contribution is -2.39. The zero-order valence-electron chi connectivity index (χ0n) is 11.6. The molecule has 0 spiro atoms. The molecule has 0 fully saturated rings. The van der Waals surface area contributed by atoms with E-state index in [-0.39, 0.29) is 11.9 Å². The standard InChI is InChI=1S/C12H22O4Si2/c1-7-11(13)15-17(3,4)9-10-18(5,6)16-12(14)8-2/h7-8H,1-2,9-10H2,3-6H3. The van der Waals surface area contributed by atoms with Gasteiger partial charge in [0.15, 0.2) is 0 Å². The highest BCUT2D eigenvalue weighted by molar-refractivity contribution is 6.78. The van der Waals surface area contributed by atoms with Crippen LogP contribution in [0.1, 0.15) is 0 Å². The monoisotopic (exact) mass is 286 g/mol. The minimum atomic E-state index is -2.06. The highest BCUT2D eigenvalue weighted by Gasteiger charge is 2.33. The van der Waals surface area contributed by atoms with Crippen LogP contribution in [-0.4, -0.2) is 28.6 Å². The Morgan fingerprint density at radius 1 is 0.889 bits per heavy atom. The van der Waals surface area contributed by atoms with Gasteiger partial charge in [0.25, 0.3) is 0 Å². The van der Waals surface area contributed by atoms with E-state index in [9.17, 15) is 9.59 Å². The molecule has 0 aromatic heterocycles. The molecule has 0 aliphatic carbocycles. The summed E-state index contributed by atoms with van der Waals surface area (Å²) in [6.07, 6.45) is 2.35. The Balaban J connectivity index is 4.36. The van der Waals surface area contributed by atoms with Crippen LogP contribution in [0.3, 0.4) is 0 Å². The predicted molar refractivity (Wildman–Crippen MR) is 77.2 cm³/mol. The van der Waals surface area contributed by atoms with Crippen LogP contribution < -0.4 is 0 Å². The van der Waals surface area contributed by atoms with E-state index in [0.29, 0.717) is 0 Å². The summed E-state index contributed by atoms with van der Waals surface area (Å²) in [5, 5.41) is 0. The summed E-state index contributed by atoms with van der Waals surface area (Å²) in [7, 11) is -4.12. The van der Waals surface area contributed by atoms with Crippen molar-refractivity contribution in [3.63, 3.8) is 0 Å². The molecule has 6 heteroatoms. The van der Waals surface area contributed by atoms with E-state index >= 15 is 0 Å². The zero-order valence-corrected chi connectivity index (χ0v) is 13.6. The van der Waals surface area contributed by atoms with E-state index in [0.717, 1.165) is 12.1 Å². The van der Waals surface area contributed by atoms with Crippen LogP contribution in [0.25, 0.3) is 0 Å². The normalized spacial score (nSPS) is 11.6. The molecular weight excluding hydrogens is 264 g/mol. The molecule has 0 saturated carbocycles. The molecule has 0 unspecified atom stereocenters. The first kappa shape index (κ1) is 16.9. The van der Waals surface area contributed by atoms with Crippen molar-refractivity contribution >= 4 is 28.6 Å². The Bertz CT molecular complexity index is 314. The smallest absolute Gasteiger partial charge is 0.316 e. The summed E-state index contributed by atoms with van der Waals surface area (Å²) in [5.74, 6) is -0.761. The lowest BCUT2D eigenvalue weighted by Gasteiger charge is -2.27. The molecule has 0 saturated heterocycles. The fourth-order valence-electron chi connectivity index (χ4n) is 1.33. The van der Waals surface area contributed by atoms with Gasteiger partial charge in [-0.25, -0.2) is 9.59 Å². The van der Waals surface area contributed by atoms with Crippen molar-refractivity contribution in [3.8, 4) is 0 Å². The largest absolute Gasteiger partial charge is 0.517 e. The number of carbonyl (C=O) groups is 2. The maximum Gasteiger partial charge on any atom is 0.316 e. The van der Waals surface area contributed by atoms with E-state index in [2.05, 4.69) is 13.2 Å². The highest BCUT2D eigenvalue weighted by Crippen LogP contribution is 2.22. The molecule has 102 valence electrons. The van der Waals surface area contributed by atoms with Gasteiger partial charge < -0.3 is 8.85 Å². The van der Waals surface area contributed by atoms with Crippen LogP contribution in [0.4, 0.5) is 0 Å². The van der Waals surface area contributed by atoms with Crippen molar-refractivity contribution in [2.45, 2.75) is 38.3 Å². The van der Waals surface area contributed by atoms with Crippen LogP contribution >= 0.6 is 0 Å². The van der Waals surface area contributed by atoms with E-state index in [1.165, 1.54) is 12.2 Å². The molecule has 0 rings (SSSR count). The molecule has 0 bridgehead atoms. The van der Waals surface area contributed by atoms with Gasteiger partial charge in [-0.15, -0.1) is 0 Å². The van der Waals surface area contributed by atoms with Crippen molar-refractivity contribution in [2.24, 2.45) is 0 Å². The van der Waals surface area contributed by atoms with Gasteiger partial charge >= 0.3 is 11.9 Å². The summed E-state index contributed by atoms with van der Waals surface area (Å²) in [6.45, 7) is 14.6. The molecule has 0 aromatic carbocycles. The van der Waals surface area contributed by atoms with Crippen molar-refractivity contribution in [1.29, 1.82) is 0 Å². The topological polar surface area (TPSA) is 52.6 Å². The van der Waals surface area contributed by atoms with Crippen LogP contribution in [0.2, 0.25) is 38.3 Å². The molecular formula is C12H22O4Si2. The fourth-order valence-corrected chi connectivity index (χ4v) is 7.61. The van der Waals surface area contributed by atoms with Crippen molar-refractivity contribution in [2.75, 3.05) is 0 Å². The summed E-state index contributed by atoms with van der Waals surface area (Å²) < 4.78 is 10.7. The molecule has 0 atom stereocenters. The Hall–Kier alpha value is -1.15. The summed E-state index contributed by atoms with van der Waals surface area (Å²) in [4.78, 5) is 22.4. The maximum atomic E-state index is 11.2. The third-order valence-electron chi connectivity index (χ3n) is 2.42. The second-order valence-corrected chi connectivity index (χ2v) is 13.7. The first-order chi connectivity index (χ1) is 8.12. The third kappa shape index (κ3) is 7.23. The molecule has 0 radical (unpaired) electrons. The van der Waals surface area contributed by atoms with Gasteiger partial charge in [0, 0.05) is 12.2 Å². The zero-order chi connectivity index (χ0) is 14.4.